The summed E-state index contributed by atoms with van der Waals surface area (Å²) in [4.78, 5) is 4.49. The van der Waals surface area contributed by atoms with Crippen LogP contribution in [0.25, 0.3) is 11.1 Å². The van der Waals surface area contributed by atoms with Crippen LogP contribution in [0.5, 0.6) is 11.5 Å². The Morgan fingerprint density at radius 1 is 1.10 bits per heavy atom. The lowest BCUT2D eigenvalue weighted by Gasteiger charge is -2.30. The molecule has 2 fully saturated rings. The van der Waals surface area contributed by atoms with Crippen molar-refractivity contribution in [1.29, 1.82) is 0 Å². The van der Waals surface area contributed by atoms with Crippen molar-refractivity contribution in [2.24, 2.45) is 5.92 Å². The summed E-state index contributed by atoms with van der Waals surface area (Å²) in [5.41, 5.74) is 2.49. The molecule has 1 saturated carbocycles. The van der Waals surface area contributed by atoms with Crippen LogP contribution in [0.15, 0.2) is 40.8 Å². The number of hydrogen-bond acceptors (Lipinski definition) is 5. The lowest BCUT2D eigenvalue weighted by Crippen LogP contribution is -2.36. The maximum absolute atomic E-state index is 13.4. The third-order valence-corrected chi connectivity index (χ3v) is 6.55. The summed E-state index contributed by atoms with van der Waals surface area (Å²) >= 11 is 0. The number of methoxy groups -OCH3 is 1. The standard InChI is InChI=1S/C25H29FN2O3/c1-29-23-8-6-17(12-24(23)30-20-4-2-3-5-20)18-10-16(14-27-15-18)11-25-28-21-13-19(26)7-9-22(21)31-25/h6-9,12-13,16,18,20,27H,2-5,10-11,14-15H2,1H3/t16-,18+/m0/s1. The number of piperidine rings is 1. The van der Waals surface area contributed by atoms with Crippen molar-refractivity contribution < 1.29 is 18.3 Å². The van der Waals surface area contributed by atoms with E-state index in [4.69, 9.17) is 13.9 Å². The first-order chi connectivity index (χ1) is 15.2. The molecule has 2 heterocycles. The second kappa shape index (κ2) is 8.87. The van der Waals surface area contributed by atoms with Gasteiger partial charge in [-0.1, -0.05) is 6.07 Å². The maximum Gasteiger partial charge on any atom is 0.195 e. The monoisotopic (exact) mass is 424 g/mol. The van der Waals surface area contributed by atoms with Gasteiger partial charge in [0, 0.05) is 19.0 Å². The van der Waals surface area contributed by atoms with Crippen LogP contribution in [0, 0.1) is 11.7 Å². The molecule has 1 aliphatic heterocycles. The minimum atomic E-state index is -0.290. The van der Waals surface area contributed by atoms with Crippen LogP contribution in [0.2, 0.25) is 0 Å². The molecule has 1 N–H and O–H groups in total. The molecule has 3 aromatic rings. The highest BCUT2D eigenvalue weighted by Gasteiger charge is 2.26. The molecule has 1 saturated heterocycles. The van der Waals surface area contributed by atoms with Crippen molar-refractivity contribution >= 4 is 11.1 Å². The Morgan fingerprint density at radius 3 is 2.81 bits per heavy atom. The van der Waals surface area contributed by atoms with Crippen LogP contribution in [-0.2, 0) is 6.42 Å². The number of nitrogens with one attached hydrogen (secondary N) is 1. The van der Waals surface area contributed by atoms with Gasteiger partial charge in [-0.3, -0.25) is 0 Å². The number of oxazole rings is 1. The van der Waals surface area contributed by atoms with Gasteiger partial charge in [-0.25, -0.2) is 9.37 Å². The van der Waals surface area contributed by atoms with Gasteiger partial charge in [-0.2, -0.15) is 0 Å². The molecule has 2 aliphatic rings. The van der Waals surface area contributed by atoms with Gasteiger partial charge in [-0.15, -0.1) is 0 Å². The Kier molecular flexibility index (Phi) is 5.81. The molecular formula is C25H29FN2O3. The number of fused-ring (bicyclic) bond motifs is 1. The highest BCUT2D eigenvalue weighted by atomic mass is 19.1. The molecule has 31 heavy (non-hydrogen) atoms. The van der Waals surface area contributed by atoms with Crippen LogP contribution in [0.1, 0.15) is 49.5 Å². The molecule has 5 nitrogen and oxygen atoms in total. The SMILES string of the molecule is COc1ccc([C@H]2CNC[C@H](Cc3nc4cc(F)ccc4o3)C2)cc1OC1CCCC1. The molecule has 1 aliphatic carbocycles. The van der Waals surface area contributed by atoms with Gasteiger partial charge in [0.05, 0.1) is 13.2 Å². The van der Waals surface area contributed by atoms with Crippen molar-refractivity contribution in [1.82, 2.24) is 10.3 Å². The number of rotatable bonds is 6. The number of aromatic nitrogens is 1. The van der Waals surface area contributed by atoms with E-state index in [1.165, 1.54) is 30.5 Å². The molecule has 2 aromatic carbocycles. The zero-order valence-electron chi connectivity index (χ0n) is 17.9. The summed E-state index contributed by atoms with van der Waals surface area (Å²) in [5, 5.41) is 3.57. The van der Waals surface area contributed by atoms with E-state index in [1.807, 2.05) is 6.07 Å². The minimum absolute atomic E-state index is 0.290. The van der Waals surface area contributed by atoms with Gasteiger partial charge in [-0.05, 0) is 80.3 Å². The summed E-state index contributed by atoms with van der Waals surface area (Å²) in [6, 6.07) is 10.8. The summed E-state index contributed by atoms with van der Waals surface area (Å²) < 4.78 is 31.1. The number of ether oxygens (including phenoxy) is 2. The number of halogens is 1. The highest BCUT2D eigenvalue weighted by Crippen LogP contribution is 2.37. The van der Waals surface area contributed by atoms with Crippen molar-refractivity contribution in [3.05, 3.63) is 53.7 Å². The smallest absolute Gasteiger partial charge is 0.195 e. The van der Waals surface area contributed by atoms with Crippen molar-refractivity contribution in [2.75, 3.05) is 20.2 Å². The van der Waals surface area contributed by atoms with Gasteiger partial charge >= 0.3 is 0 Å². The molecule has 6 heteroatoms. The molecule has 0 spiro atoms. The van der Waals surface area contributed by atoms with E-state index in [9.17, 15) is 4.39 Å². The Bertz CT molecular complexity index is 1040. The lowest BCUT2D eigenvalue weighted by molar-refractivity contribution is 0.200. The Morgan fingerprint density at radius 2 is 1.97 bits per heavy atom. The molecular weight excluding hydrogens is 395 g/mol. The van der Waals surface area contributed by atoms with Crippen LogP contribution < -0.4 is 14.8 Å². The van der Waals surface area contributed by atoms with Gasteiger partial charge in [0.25, 0.3) is 0 Å². The predicted molar refractivity (Wildman–Crippen MR) is 117 cm³/mol. The average molecular weight is 425 g/mol. The fraction of sp³-hybridized carbons (Fsp3) is 0.480. The van der Waals surface area contributed by atoms with Crippen molar-refractivity contribution in [3.8, 4) is 11.5 Å². The van der Waals surface area contributed by atoms with E-state index >= 15 is 0 Å². The zero-order chi connectivity index (χ0) is 21.2. The summed E-state index contributed by atoms with van der Waals surface area (Å²) in [6.07, 6.45) is 6.79. The topological polar surface area (TPSA) is 56.5 Å². The van der Waals surface area contributed by atoms with Crippen LogP contribution in [0.3, 0.4) is 0 Å². The molecule has 164 valence electrons. The van der Waals surface area contributed by atoms with Gasteiger partial charge < -0.3 is 19.2 Å². The Labute approximate surface area is 181 Å². The molecule has 0 amide bonds. The van der Waals surface area contributed by atoms with E-state index in [0.29, 0.717) is 34.9 Å². The summed E-state index contributed by atoms with van der Waals surface area (Å²) in [7, 11) is 1.70. The lowest BCUT2D eigenvalue weighted by atomic mass is 9.84. The molecule has 0 bridgehead atoms. The molecule has 2 atom stereocenters. The normalized spacial score (nSPS) is 22.1. The fourth-order valence-corrected chi connectivity index (χ4v) is 4.95. The van der Waals surface area contributed by atoms with E-state index in [1.54, 1.807) is 13.2 Å². The first kappa shape index (κ1) is 20.3. The van der Waals surface area contributed by atoms with Crippen LogP contribution in [-0.4, -0.2) is 31.3 Å². The predicted octanol–water partition coefficient (Wildman–Crippen LogP) is 5.23. The van der Waals surface area contributed by atoms with Crippen LogP contribution in [0.4, 0.5) is 4.39 Å². The molecule has 0 radical (unpaired) electrons. The number of hydrogen-bond donors (Lipinski definition) is 1. The van der Waals surface area contributed by atoms with E-state index in [-0.39, 0.29) is 5.82 Å². The second-order valence-electron chi connectivity index (χ2n) is 8.82. The molecule has 1 aromatic heterocycles. The number of benzene rings is 2. The largest absolute Gasteiger partial charge is 0.493 e. The number of nitrogens with zero attached hydrogens (tertiary/aromatic N) is 1. The van der Waals surface area contributed by atoms with Gasteiger partial charge in [0.2, 0.25) is 0 Å². The van der Waals surface area contributed by atoms with E-state index in [2.05, 4.69) is 22.4 Å². The maximum atomic E-state index is 13.4. The Hall–Kier alpha value is -2.60. The van der Waals surface area contributed by atoms with Crippen molar-refractivity contribution in [3.63, 3.8) is 0 Å². The fourth-order valence-electron chi connectivity index (χ4n) is 4.95. The first-order valence-electron chi connectivity index (χ1n) is 11.3. The Balaban J connectivity index is 1.30. The third kappa shape index (κ3) is 4.54. The zero-order valence-corrected chi connectivity index (χ0v) is 17.9. The van der Waals surface area contributed by atoms with Gasteiger partial charge in [0.15, 0.2) is 23.0 Å². The second-order valence-corrected chi connectivity index (χ2v) is 8.82. The van der Waals surface area contributed by atoms with E-state index in [0.717, 1.165) is 50.3 Å². The summed E-state index contributed by atoms with van der Waals surface area (Å²) in [5.74, 6) is 2.83. The van der Waals surface area contributed by atoms with E-state index < -0.39 is 0 Å². The van der Waals surface area contributed by atoms with Crippen molar-refractivity contribution in [2.45, 2.75) is 50.5 Å². The molecule has 5 rings (SSSR count). The quantitative estimate of drug-likeness (QED) is 0.587. The van der Waals surface area contributed by atoms with Crippen LogP contribution >= 0.6 is 0 Å². The molecule has 0 unspecified atom stereocenters. The highest BCUT2D eigenvalue weighted by molar-refractivity contribution is 5.72. The third-order valence-electron chi connectivity index (χ3n) is 6.55. The first-order valence-corrected chi connectivity index (χ1v) is 11.3. The minimum Gasteiger partial charge on any atom is -0.493 e. The van der Waals surface area contributed by atoms with Gasteiger partial charge in [0.1, 0.15) is 11.3 Å². The summed E-state index contributed by atoms with van der Waals surface area (Å²) in [6.45, 7) is 1.86. The average Bonchev–Trinajstić information content (AvgIpc) is 3.43.